The van der Waals surface area contributed by atoms with Gasteiger partial charge in [-0.25, -0.2) is 4.68 Å². The molecule has 2 saturated carbocycles. The number of hydrogen-bond donors (Lipinski definition) is 1. The molecule has 2 aromatic rings. The number of hydrogen-bond acceptors (Lipinski definition) is 3. The van der Waals surface area contributed by atoms with Gasteiger partial charge in [0.25, 0.3) is 11.1 Å². The van der Waals surface area contributed by atoms with Gasteiger partial charge in [0, 0.05) is 18.5 Å². The van der Waals surface area contributed by atoms with Crippen LogP contribution in [0.4, 0.5) is 0 Å². The van der Waals surface area contributed by atoms with E-state index in [-0.39, 0.29) is 30.0 Å². The first kappa shape index (κ1) is 16.1. The molecular weight excluding hydrogens is 318 g/mol. The molecule has 1 N–H and O–H groups in total. The lowest BCUT2D eigenvalue weighted by atomic mass is 10.2. The fourth-order valence-corrected chi connectivity index (χ4v) is 3.98. The predicted molar refractivity (Wildman–Crippen MR) is 95.6 cm³/mol. The second-order valence-corrected chi connectivity index (χ2v) is 7.16. The Morgan fingerprint density at radius 2 is 1.68 bits per heavy atom. The Kier molecular flexibility index (Phi) is 4.19. The third-order valence-corrected chi connectivity index (χ3v) is 5.38. The summed E-state index contributed by atoms with van der Waals surface area (Å²) in [6, 6.07) is 7.53. The molecule has 0 unspecified atom stereocenters. The molecular formula is C19H23N3O3. The number of nitrogens with zero attached hydrogens (tertiary/aromatic N) is 2. The maximum absolute atomic E-state index is 12.8. The zero-order valence-electron chi connectivity index (χ0n) is 14.2. The number of aromatic amines is 1. The first-order valence-electron chi connectivity index (χ1n) is 9.18. The lowest BCUT2D eigenvalue weighted by molar-refractivity contribution is -0.134. The second kappa shape index (κ2) is 6.50. The molecule has 132 valence electrons. The van der Waals surface area contributed by atoms with Crippen LogP contribution in [0.1, 0.15) is 44.9 Å². The summed E-state index contributed by atoms with van der Waals surface area (Å²) in [5.41, 5.74) is -0.542. The number of aromatic nitrogens is 2. The van der Waals surface area contributed by atoms with Gasteiger partial charge in [-0.15, -0.1) is 0 Å². The normalized spacial score (nSPS) is 17.9. The fourth-order valence-electron chi connectivity index (χ4n) is 3.98. The Labute approximate surface area is 145 Å². The summed E-state index contributed by atoms with van der Waals surface area (Å²) < 4.78 is 1.28. The molecule has 2 aliphatic rings. The highest BCUT2D eigenvalue weighted by Gasteiger charge is 2.37. The molecule has 1 amide bonds. The van der Waals surface area contributed by atoms with Crippen molar-refractivity contribution in [3.63, 3.8) is 0 Å². The standard InChI is InChI=1S/C19H23N3O3/c23-17(22(14-9-10-14)13-5-1-2-6-13)11-12-21-19(25)16-8-4-3-7-15(16)18(24)20-21/h3-4,7-8,13-14H,1-2,5-6,9-12H2,(H,20,24). The van der Waals surface area contributed by atoms with Gasteiger partial charge in [-0.3, -0.25) is 19.5 Å². The topological polar surface area (TPSA) is 75.2 Å². The first-order chi connectivity index (χ1) is 12.1. The van der Waals surface area contributed by atoms with Crippen molar-refractivity contribution >= 4 is 16.7 Å². The second-order valence-electron chi connectivity index (χ2n) is 7.16. The Morgan fingerprint density at radius 1 is 1.04 bits per heavy atom. The van der Waals surface area contributed by atoms with Crippen molar-refractivity contribution in [1.82, 2.24) is 14.7 Å². The van der Waals surface area contributed by atoms with Crippen LogP contribution in [0.15, 0.2) is 33.9 Å². The fraction of sp³-hybridized carbons (Fsp3) is 0.526. The van der Waals surface area contributed by atoms with Crippen molar-refractivity contribution in [3.8, 4) is 0 Å². The van der Waals surface area contributed by atoms with Crippen LogP contribution < -0.4 is 11.1 Å². The molecule has 6 nitrogen and oxygen atoms in total. The van der Waals surface area contributed by atoms with Gasteiger partial charge in [-0.05, 0) is 37.8 Å². The maximum atomic E-state index is 12.8. The van der Waals surface area contributed by atoms with Crippen molar-refractivity contribution in [2.24, 2.45) is 0 Å². The molecule has 0 bridgehead atoms. The Bertz CT molecular complexity index is 904. The van der Waals surface area contributed by atoms with E-state index in [1.165, 1.54) is 17.5 Å². The van der Waals surface area contributed by atoms with Crippen molar-refractivity contribution < 1.29 is 4.79 Å². The third kappa shape index (κ3) is 3.13. The predicted octanol–water partition coefficient (Wildman–Crippen LogP) is 2.01. The maximum Gasteiger partial charge on any atom is 0.273 e. The van der Waals surface area contributed by atoms with Gasteiger partial charge >= 0.3 is 0 Å². The summed E-state index contributed by atoms with van der Waals surface area (Å²) in [7, 11) is 0. The Morgan fingerprint density at radius 3 is 2.36 bits per heavy atom. The average Bonchev–Trinajstić information content (AvgIpc) is 3.30. The van der Waals surface area contributed by atoms with Gasteiger partial charge in [0.2, 0.25) is 5.91 Å². The molecule has 0 aliphatic heterocycles. The number of H-pyrrole nitrogens is 1. The van der Waals surface area contributed by atoms with Crippen LogP contribution in [0.3, 0.4) is 0 Å². The van der Waals surface area contributed by atoms with Crippen LogP contribution in [0, 0.1) is 0 Å². The van der Waals surface area contributed by atoms with Crippen LogP contribution in [0.5, 0.6) is 0 Å². The minimum Gasteiger partial charge on any atom is -0.337 e. The van der Waals surface area contributed by atoms with Crippen LogP contribution in [0.25, 0.3) is 10.8 Å². The third-order valence-electron chi connectivity index (χ3n) is 5.38. The van der Waals surface area contributed by atoms with E-state index in [0.29, 0.717) is 22.9 Å². The van der Waals surface area contributed by atoms with Crippen molar-refractivity contribution in [2.75, 3.05) is 0 Å². The lowest BCUT2D eigenvalue weighted by Gasteiger charge is -2.29. The molecule has 0 radical (unpaired) electrons. The van der Waals surface area contributed by atoms with Gasteiger partial charge in [0.15, 0.2) is 0 Å². The van der Waals surface area contributed by atoms with Gasteiger partial charge < -0.3 is 4.90 Å². The smallest absolute Gasteiger partial charge is 0.273 e. The van der Waals surface area contributed by atoms with Gasteiger partial charge in [0.05, 0.1) is 17.3 Å². The lowest BCUT2D eigenvalue weighted by Crippen LogP contribution is -2.41. The van der Waals surface area contributed by atoms with E-state index in [1.807, 2.05) is 0 Å². The number of fused-ring (bicyclic) bond motifs is 1. The monoisotopic (exact) mass is 341 g/mol. The summed E-state index contributed by atoms with van der Waals surface area (Å²) in [4.78, 5) is 39.5. The number of carbonyl (C=O) groups excluding carboxylic acids is 1. The van der Waals surface area contributed by atoms with Crippen LogP contribution in [-0.2, 0) is 11.3 Å². The average molecular weight is 341 g/mol. The number of benzene rings is 1. The zero-order valence-corrected chi connectivity index (χ0v) is 14.2. The van der Waals surface area contributed by atoms with Crippen LogP contribution in [0.2, 0.25) is 0 Å². The van der Waals surface area contributed by atoms with E-state index in [4.69, 9.17) is 0 Å². The molecule has 25 heavy (non-hydrogen) atoms. The number of aryl methyl sites for hydroxylation is 1. The van der Waals surface area contributed by atoms with E-state index in [0.717, 1.165) is 25.7 Å². The summed E-state index contributed by atoms with van der Waals surface area (Å²) in [6.07, 6.45) is 7.01. The highest BCUT2D eigenvalue weighted by Crippen LogP contribution is 2.34. The minimum absolute atomic E-state index is 0.107. The quantitative estimate of drug-likeness (QED) is 0.904. The molecule has 1 aromatic carbocycles. The van der Waals surface area contributed by atoms with E-state index in [9.17, 15) is 14.4 Å². The van der Waals surface area contributed by atoms with E-state index >= 15 is 0 Å². The van der Waals surface area contributed by atoms with Crippen molar-refractivity contribution in [2.45, 2.75) is 63.6 Å². The summed E-state index contributed by atoms with van der Waals surface area (Å²) in [6.45, 7) is 0.216. The van der Waals surface area contributed by atoms with E-state index < -0.39 is 0 Å². The number of carbonyl (C=O) groups is 1. The van der Waals surface area contributed by atoms with Crippen LogP contribution >= 0.6 is 0 Å². The SMILES string of the molecule is O=C(CCn1[nH]c(=O)c2ccccc2c1=O)N(C1CCCC1)C1CC1. The van der Waals surface area contributed by atoms with Gasteiger partial charge in [-0.2, -0.15) is 0 Å². The number of amides is 1. The first-order valence-corrected chi connectivity index (χ1v) is 9.18. The largest absolute Gasteiger partial charge is 0.337 e. The Balaban J connectivity index is 1.53. The summed E-state index contributed by atoms with van der Waals surface area (Å²) in [5.74, 6) is 0.107. The molecule has 4 rings (SSSR count). The molecule has 1 aromatic heterocycles. The Hall–Kier alpha value is -2.37. The molecule has 2 aliphatic carbocycles. The zero-order chi connectivity index (χ0) is 17.4. The highest BCUT2D eigenvalue weighted by molar-refractivity contribution is 5.80. The molecule has 2 fully saturated rings. The van der Waals surface area contributed by atoms with Gasteiger partial charge in [0.1, 0.15) is 0 Å². The van der Waals surface area contributed by atoms with E-state index in [2.05, 4.69) is 10.00 Å². The van der Waals surface area contributed by atoms with Gasteiger partial charge in [-0.1, -0.05) is 25.0 Å². The number of nitrogens with one attached hydrogen (secondary N) is 1. The van der Waals surface area contributed by atoms with Crippen molar-refractivity contribution in [1.29, 1.82) is 0 Å². The molecule has 0 spiro atoms. The van der Waals surface area contributed by atoms with Crippen LogP contribution in [-0.4, -0.2) is 32.7 Å². The molecule has 0 atom stereocenters. The minimum atomic E-state index is -0.294. The summed E-state index contributed by atoms with van der Waals surface area (Å²) in [5, 5.41) is 3.39. The molecule has 6 heteroatoms. The number of rotatable bonds is 5. The van der Waals surface area contributed by atoms with E-state index in [1.54, 1.807) is 24.3 Å². The molecule has 0 saturated heterocycles. The van der Waals surface area contributed by atoms with Crippen molar-refractivity contribution in [3.05, 3.63) is 45.0 Å². The highest BCUT2D eigenvalue weighted by atomic mass is 16.2. The molecule has 1 heterocycles. The summed E-state index contributed by atoms with van der Waals surface area (Å²) >= 11 is 0.